The molecule has 110 valence electrons. The monoisotopic (exact) mass is 323 g/mol. The van der Waals surface area contributed by atoms with Crippen LogP contribution in [0.5, 0.6) is 11.5 Å². The van der Waals surface area contributed by atoms with Gasteiger partial charge in [0.2, 0.25) is 0 Å². The molecule has 3 nitrogen and oxygen atoms in total. The number of rotatable bonds is 4. The van der Waals surface area contributed by atoms with Gasteiger partial charge in [0.25, 0.3) is 0 Å². The zero-order valence-corrected chi connectivity index (χ0v) is 12.9. The molecular formula is C16H15Cl2NO2. The summed E-state index contributed by atoms with van der Waals surface area (Å²) in [4.78, 5) is 0. The number of ether oxygens (including phenoxy) is 2. The molecule has 5 heteroatoms. The molecular weight excluding hydrogens is 309 g/mol. The maximum atomic E-state index is 6.21. The van der Waals surface area contributed by atoms with Gasteiger partial charge in [0.15, 0.2) is 11.5 Å². The van der Waals surface area contributed by atoms with E-state index in [1.165, 1.54) is 0 Å². The first-order valence-corrected chi connectivity index (χ1v) is 7.51. The second-order valence-electron chi connectivity index (χ2n) is 4.84. The van der Waals surface area contributed by atoms with Crippen molar-refractivity contribution in [2.45, 2.75) is 13.1 Å². The molecule has 0 saturated carbocycles. The molecule has 2 aromatic carbocycles. The summed E-state index contributed by atoms with van der Waals surface area (Å²) >= 11 is 12.2. The second kappa shape index (κ2) is 6.56. The van der Waals surface area contributed by atoms with Crippen molar-refractivity contribution in [1.82, 2.24) is 5.32 Å². The predicted octanol–water partition coefficient (Wildman–Crippen LogP) is 4.05. The van der Waals surface area contributed by atoms with Gasteiger partial charge in [-0.2, -0.15) is 0 Å². The Hall–Kier alpha value is -1.42. The minimum absolute atomic E-state index is 0.541. The fraction of sp³-hybridized carbons (Fsp3) is 0.250. The van der Waals surface area contributed by atoms with Gasteiger partial charge >= 0.3 is 0 Å². The van der Waals surface area contributed by atoms with E-state index in [0.29, 0.717) is 36.3 Å². The van der Waals surface area contributed by atoms with Crippen LogP contribution in [0, 0.1) is 0 Å². The Kier molecular flexibility index (Phi) is 4.54. The number of hydrogen-bond acceptors (Lipinski definition) is 3. The van der Waals surface area contributed by atoms with E-state index in [1.54, 1.807) is 0 Å². The predicted molar refractivity (Wildman–Crippen MR) is 84.4 cm³/mol. The van der Waals surface area contributed by atoms with Crippen LogP contribution < -0.4 is 14.8 Å². The topological polar surface area (TPSA) is 30.5 Å². The average molecular weight is 324 g/mol. The summed E-state index contributed by atoms with van der Waals surface area (Å²) < 4.78 is 11.1. The van der Waals surface area contributed by atoms with Crippen LogP contribution in [0.3, 0.4) is 0 Å². The van der Waals surface area contributed by atoms with Crippen LogP contribution in [-0.2, 0) is 13.1 Å². The molecule has 0 bridgehead atoms. The lowest BCUT2D eigenvalue weighted by molar-refractivity contribution is 0.171. The van der Waals surface area contributed by atoms with E-state index in [2.05, 4.69) is 5.32 Å². The number of halogens is 2. The highest BCUT2D eigenvalue weighted by molar-refractivity contribution is 6.32. The van der Waals surface area contributed by atoms with Crippen molar-refractivity contribution in [3.8, 4) is 11.5 Å². The number of benzene rings is 2. The van der Waals surface area contributed by atoms with E-state index in [1.807, 2.05) is 36.4 Å². The van der Waals surface area contributed by atoms with Crippen molar-refractivity contribution >= 4 is 23.2 Å². The fourth-order valence-electron chi connectivity index (χ4n) is 2.26. The van der Waals surface area contributed by atoms with Gasteiger partial charge in [-0.3, -0.25) is 0 Å². The summed E-state index contributed by atoms with van der Waals surface area (Å²) in [6, 6.07) is 11.7. The highest BCUT2D eigenvalue weighted by atomic mass is 35.5. The van der Waals surface area contributed by atoms with Gasteiger partial charge < -0.3 is 14.8 Å². The summed E-state index contributed by atoms with van der Waals surface area (Å²) in [6.45, 7) is 2.54. The van der Waals surface area contributed by atoms with Crippen molar-refractivity contribution in [1.29, 1.82) is 0 Å². The first-order valence-electron chi connectivity index (χ1n) is 6.75. The van der Waals surface area contributed by atoms with Gasteiger partial charge in [-0.15, -0.1) is 0 Å². The van der Waals surface area contributed by atoms with Crippen LogP contribution in [0.1, 0.15) is 11.1 Å². The average Bonchev–Trinajstić information content (AvgIpc) is 2.47. The normalized spacial score (nSPS) is 13.2. The largest absolute Gasteiger partial charge is 0.486 e. The third-order valence-corrected chi connectivity index (χ3v) is 3.72. The molecule has 0 aliphatic carbocycles. The van der Waals surface area contributed by atoms with Crippen molar-refractivity contribution in [3.63, 3.8) is 0 Å². The Balaban J connectivity index is 1.64. The van der Waals surface area contributed by atoms with Crippen LogP contribution in [0.4, 0.5) is 0 Å². The zero-order valence-electron chi connectivity index (χ0n) is 11.4. The van der Waals surface area contributed by atoms with E-state index < -0.39 is 0 Å². The molecule has 0 atom stereocenters. The Morgan fingerprint density at radius 2 is 1.76 bits per heavy atom. The van der Waals surface area contributed by atoms with E-state index in [-0.39, 0.29) is 0 Å². The number of nitrogens with one attached hydrogen (secondary N) is 1. The second-order valence-corrected chi connectivity index (χ2v) is 5.68. The van der Waals surface area contributed by atoms with Gasteiger partial charge in [-0.1, -0.05) is 35.3 Å². The van der Waals surface area contributed by atoms with Gasteiger partial charge in [-0.05, 0) is 35.4 Å². The molecule has 1 aliphatic rings. The fourth-order valence-corrected chi connectivity index (χ4v) is 2.77. The van der Waals surface area contributed by atoms with Crippen LogP contribution >= 0.6 is 23.2 Å². The van der Waals surface area contributed by atoms with Crippen molar-refractivity contribution in [2.75, 3.05) is 13.2 Å². The van der Waals surface area contributed by atoms with Crippen molar-refractivity contribution in [3.05, 3.63) is 57.6 Å². The van der Waals surface area contributed by atoms with Crippen LogP contribution in [0.25, 0.3) is 0 Å². The smallest absolute Gasteiger partial charge is 0.179 e. The third kappa shape index (κ3) is 3.62. The molecule has 1 heterocycles. The maximum absolute atomic E-state index is 6.21. The first kappa shape index (κ1) is 14.5. The SMILES string of the molecule is Clc1cccc(CNCc2cc(Cl)c3c(c2)OCCO3)c1. The molecule has 21 heavy (non-hydrogen) atoms. The van der Waals surface area contributed by atoms with Gasteiger partial charge in [0.05, 0.1) is 5.02 Å². The highest BCUT2D eigenvalue weighted by Gasteiger charge is 2.16. The molecule has 2 aromatic rings. The molecule has 0 amide bonds. The van der Waals surface area contributed by atoms with Crippen molar-refractivity contribution < 1.29 is 9.47 Å². The van der Waals surface area contributed by atoms with Gasteiger partial charge in [0.1, 0.15) is 13.2 Å². The van der Waals surface area contributed by atoms with E-state index in [9.17, 15) is 0 Å². The zero-order chi connectivity index (χ0) is 14.7. The Morgan fingerprint density at radius 1 is 0.952 bits per heavy atom. The lowest BCUT2D eigenvalue weighted by Gasteiger charge is -2.20. The third-order valence-electron chi connectivity index (χ3n) is 3.20. The minimum atomic E-state index is 0.541. The summed E-state index contributed by atoms with van der Waals surface area (Å²) in [7, 11) is 0. The minimum Gasteiger partial charge on any atom is -0.486 e. The van der Waals surface area contributed by atoms with Crippen LogP contribution in [-0.4, -0.2) is 13.2 Å². The van der Waals surface area contributed by atoms with E-state index >= 15 is 0 Å². The van der Waals surface area contributed by atoms with Crippen LogP contribution in [0.2, 0.25) is 10.0 Å². The molecule has 1 aliphatic heterocycles. The summed E-state index contributed by atoms with van der Waals surface area (Å²) in [6.07, 6.45) is 0. The highest BCUT2D eigenvalue weighted by Crippen LogP contribution is 2.38. The van der Waals surface area contributed by atoms with Crippen molar-refractivity contribution in [2.24, 2.45) is 0 Å². The number of hydrogen-bond donors (Lipinski definition) is 1. The van der Waals surface area contributed by atoms with Gasteiger partial charge in [-0.25, -0.2) is 0 Å². The number of fused-ring (bicyclic) bond motifs is 1. The lowest BCUT2D eigenvalue weighted by Crippen LogP contribution is -2.17. The summed E-state index contributed by atoms with van der Waals surface area (Å²) in [5.74, 6) is 1.36. The molecule has 0 aromatic heterocycles. The lowest BCUT2D eigenvalue weighted by atomic mass is 10.1. The maximum Gasteiger partial charge on any atom is 0.179 e. The molecule has 0 spiro atoms. The standard InChI is InChI=1S/C16H15Cl2NO2/c17-13-3-1-2-11(6-13)9-19-10-12-7-14(18)16-15(8-12)20-4-5-21-16/h1-3,6-8,19H,4-5,9-10H2. The van der Waals surface area contributed by atoms with Crippen LogP contribution in [0.15, 0.2) is 36.4 Å². The van der Waals surface area contributed by atoms with E-state index in [0.717, 1.165) is 22.7 Å². The van der Waals surface area contributed by atoms with Gasteiger partial charge in [0, 0.05) is 18.1 Å². The molecule has 3 rings (SSSR count). The Morgan fingerprint density at radius 3 is 2.62 bits per heavy atom. The quantitative estimate of drug-likeness (QED) is 0.920. The summed E-state index contributed by atoms with van der Waals surface area (Å²) in [5.41, 5.74) is 2.21. The molecule has 0 fully saturated rings. The molecule has 0 radical (unpaired) electrons. The molecule has 1 N–H and O–H groups in total. The van der Waals surface area contributed by atoms with E-state index in [4.69, 9.17) is 32.7 Å². The Bertz CT molecular complexity index is 646. The summed E-state index contributed by atoms with van der Waals surface area (Å²) in [5, 5.41) is 4.70. The molecule has 0 saturated heterocycles. The molecule has 0 unspecified atom stereocenters. The Labute approximate surface area is 133 Å². The first-order chi connectivity index (χ1) is 10.2.